The van der Waals surface area contributed by atoms with Crippen molar-refractivity contribution in [3.63, 3.8) is 0 Å². The van der Waals surface area contributed by atoms with E-state index in [0.717, 1.165) is 43.0 Å². The van der Waals surface area contributed by atoms with E-state index in [4.69, 9.17) is 0 Å². The topological polar surface area (TPSA) is 71.3 Å². The fourth-order valence-corrected chi connectivity index (χ4v) is 3.46. The van der Waals surface area contributed by atoms with E-state index in [1.165, 1.54) is 12.8 Å². The van der Waals surface area contributed by atoms with Crippen LogP contribution in [-0.2, 0) is 0 Å². The van der Waals surface area contributed by atoms with Gasteiger partial charge in [-0.05, 0) is 37.8 Å². The van der Waals surface area contributed by atoms with E-state index in [1.807, 2.05) is 12.1 Å². The zero-order chi connectivity index (χ0) is 15.8. The summed E-state index contributed by atoms with van der Waals surface area (Å²) in [4.78, 5) is 17.3. The van der Waals surface area contributed by atoms with Crippen molar-refractivity contribution in [1.82, 2.24) is 10.3 Å². The lowest BCUT2D eigenvalue weighted by Gasteiger charge is -2.34. The molecule has 2 aliphatic rings. The predicted octanol–water partition coefficient (Wildman–Crippen LogP) is 2.86. The third kappa shape index (κ3) is 2.86. The molecule has 1 aliphatic heterocycles. The van der Waals surface area contributed by atoms with Gasteiger partial charge in [-0.25, -0.2) is 0 Å². The van der Waals surface area contributed by atoms with Crippen molar-refractivity contribution in [3.05, 3.63) is 40.7 Å². The van der Waals surface area contributed by atoms with Gasteiger partial charge >= 0.3 is 0 Å². The number of hydrogen-bond acceptors (Lipinski definition) is 5. The molecule has 0 bridgehead atoms. The Bertz CT molecular complexity index is 736. The van der Waals surface area contributed by atoms with Crippen LogP contribution in [0.2, 0.25) is 0 Å². The molecule has 1 aromatic heterocycles. The molecule has 23 heavy (non-hydrogen) atoms. The highest BCUT2D eigenvalue weighted by Gasteiger charge is 2.28. The maximum atomic E-state index is 11.2. The van der Waals surface area contributed by atoms with Gasteiger partial charge in [-0.3, -0.25) is 15.1 Å². The fraction of sp³-hybridized carbons (Fsp3) is 0.471. The quantitative estimate of drug-likeness (QED) is 0.694. The normalized spacial score (nSPS) is 19.2. The lowest BCUT2D eigenvalue weighted by molar-refractivity contribution is -0.383. The first-order valence-corrected chi connectivity index (χ1v) is 8.24. The first-order chi connectivity index (χ1) is 11.2. The highest BCUT2D eigenvalue weighted by Crippen LogP contribution is 2.34. The van der Waals surface area contributed by atoms with E-state index in [1.54, 1.807) is 18.5 Å². The molecular weight excluding hydrogens is 292 g/mol. The van der Waals surface area contributed by atoms with Crippen LogP contribution in [0, 0.1) is 10.1 Å². The largest absolute Gasteiger partial charge is 0.371 e. The Kier molecular flexibility index (Phi) is 3.61. The average molecular weight is 312 g/mol. The van der Waals surface area contributed by atoms with Gasteiger partial charge in [0.15, 0.2) is 0 Å². The number of anilines is 1. The predicted molar refractivity (Wildman–Crippen MR) is 89.8 cm³/mol. The van der Waals surface area contributed by atoms with Crippen LogP contribution in [0.25, 0.3) is 10.8 Å². The number of piperidine rings is 1. The maximum absolute atomic E-state index is 11.2. The highest BCUT2D eigenvalue weighted by molar-refractivity contribution is 5.99. The summed E-state index contributed by atoms with van der Waals surface area (Å²) in [6, 6.07) is 6.73. The molecular formula is C17H20N4O2. The van der Waals surface area contributed by atoms with Crippen LogP contribution in [0.5, 0.6) is 0 Å². The minimum Gasteiger partial charge on any atom is -0.371 e. The molecule has 0 atom stereocenters. The Morgan fingerprint density at radius 3 is 2.52 bits per heavy atom. The first-order valence-electron chi connectivity index (χ1n) is 8.24. The lowest BCUT2D eigenvalue weighted by atomic mass is 10.0. The number of hydrogen-bond donors (Lipinski definition) is 1. The monoisotopic (exact) mass is 312 g/mol. The summed E-state index contributed by atoms with van der Waals surface area (Å²) < 4.78 is 0. The summed E-state index contributed by atoms with van der Waals surface area (Å²) in [5.41, 5.74) is 1.21. The number of rotatable bonds is 4. The minimum atomic E-state index is -0.334. The van der Waals surface area contributed by atoms with E-state index in [-0.39, 0.29) is 10.6 Å². The van der Waals surface area contributed by atoms with Crippen molar-refractivity contribution >= 4 is 22.1 Å². The molecule has 2 fully saturated rings. The van der Waals surface area contributed by atoms with E-state index in [9.17, 15) is 10.1 Å². The van der Waals surface area contributed by atoms with Crippen molar-refractivity contribution in [1.29, 1.82) is 0 Å². The second-order valence-electron chi connectivity index (χ2n) is 6.48. The Hall–Kier alpha value is -2.21. The standard InChI is InChI=1S/C17H20N4O2/c22-21(23)17-4-3-16(14-5-8-18-11-15(14)17)20-9-6-13(7-10-20)19-12-1-2-12/h3-5,8,11-13,19H,1-2,6-7,9-10H2. The van der Waals surface area contributed by atoms with Crippen LogP contribution in [0.4, 0.5) is 11.4 Å². The number of nitrogens with one attached hydrogen (secondary N) is 1. The molecule has 1 N–H and O–H groups in total. The van der Waals surface area contributed by atoms with Crippen molar-refractivity contribution in [2.75, 3.05) is 18.0 Å². The van der Waals surface area contributed by atoms with Gasteiger partial charge in [-0.2, -0.15) is 0 Å². The first kappa shape index (κ1) is 14.4. The zero-order valence-corrected chi connectivity index (χ0v) is 12.9. The Morgan fingerprint density at radius 1 is 1.09 bits per heavy atom. The second kappa shape index (κ2) is 5.77. The molecule has 0 radical (unpaired) electrons. The number of nitrogens with zero attached hydrogens (tertiary/aromatic N) is 3. The molecule has 0 unspecified atom stereocenters. The second-order valence-corrected chi connectivity index (χ2v) is 6.48. The summed E-state index contributed by atoms with van der Waals surface area (Å²) in [5.74, 6) is 0. The van der Waals surface area contributed by atoms with E-state index in [0.29, 0.717) is 11.4 Å². The number of benzene rings is 1. The van der Waals surface area contributed by atoms with E-state index >= 15 is 0 Å². The van der Waals surface area contributed by atoms with Gasteiger partial charge in [0, 0.05) is 54.7 Å². The van der Waals surface area contributed by atoms with Gasteiger partial charge in [0.05, 0.1) is 10.3 Å². The van der Waals surface area contributed by atoms with Gasteiger partial charge in [0.1, 0.15) is 0 Å². The average Bonchev–Trinajstić information content (AvgIpc) is 3.38. The Balaban J connectivity index is 1.59. The molecule has 1 aliphatic carbocycles. The Morgan fingerprint density at radius 2 is 1.83 bits per heavy atom. The van der Waals surface area contributed by atoms with Gasteiger partial charge in [-0.15, -0.1) is 0 Å². The van der Waals surface area contributed by atoms with Crippen LogP contribution in [0.3, 0.4) is 0 Å². The minimum absolute atomic E-state index is 0.127. The third-order valence-corrected chi connectivity index (χ3v) is 4.85. The molecule has 1 saturated heterocycles. The molecule has 2 aromatic rings. The third-order valence-electron chi connectivity index (χ3n) is 4.85. The van der Waals surface area contributed by atoms with Crippen LogP contribution in [-0.4, -0.2) is 35.1 Å². The van der Waals surface area contributed by atoms with E-state index < -0.39 is 0 Å². The van der Waals surface area contributed by atoms with Crippen molar-refractivity contribution in [2.45, 2.75) is 37.8 Å². The number of aromatic nitrogens is 1. The summed E-state index contributed by atoms with van der Waals surface area (Å²) >= 11 is 0. The van der Waals surface area contributed by atoms with Crippen molar-refractivity contribution in [3.8, 4) is 0 Å². The van der Waals surface area contributed by atoms with Crippen LogP contribution in [0.15, 0.2) is 30.6 Å². The number of fused-ring (bicyclic) bond motifs is 1. The number of nitro groups is 1. The molecule has 4 rings (SSSR count). The summed E-state index contributed by atoms with van der Waals surface area (Å²) in [6.07, 6.45) is 8.19. The van der Waals surface area contributed by atoms with Crippen LogP contribution in [0.1, 0.15) is 25.7 Å². The summed E-state index contributed by atoms with van der Waals surface area (Å²) in [6.45, 7) is 1.97. The molecule has 6 heteroatoms. The zero-order valence-electron chi connectivity index (χ0n) is 12.9. The van der Waals surface area contributed by atoms with Gasteiger partial charge in [0.25, 0.3) is 5.69 Å². The van der Waals surface area contributed by atoms with Gasteiger partial charge < -0.3 is 10.2 Å². The molecule has 2 heterocycles. The number of non-ortho nitro benzene ring substituents is 1. The maximum Gasteiger partial charge on any atom is 0.278 e. The van der Waals surface area contributed by atoms with E-state index in [2.05, 4.69) is 15.2 Å². The summed E-state index contributed by atoms with van der Waals surface area (Å²) in [5, 5.41) is 16.4. The SMILES string of the molecule is O=[N+]([O-])c1ccc(N2CCC(NC3CC3)CC2)c2ccncc12. The smallest absolute Gasteiger partial charge is 0.278 e. The van der Waals surface area contributed by atoms with Crippen molar-refractivity contribution < 1.29 is 4.92 Å². The molecule has 0 amide bonds. The molecule has 0 spiro atoms. The number of nitro benzene ring substituents is 1. The molecule has 1 saturated carbocycles. The Labute approximate surface area is 134 Å². The molecule has 6 nitrogen and oxygen atoms in total. The fourth-order valence-electron chi connectivity index (χ4n) is 3.46. The van der Waals surface area contributed by atoms with Crippen LogP contribution < -0.4 is 10.2 Å². The summed E-state index contributed by atoms with van der Waals surface area (Å²) in [7, 11) is 0. The van der Waals surface area contributed by atoms with Crippen LogP contribution >= 0.6 is 0 Å². The molecule has 120 valence electrons. The molecule has 1 aromatic carbocycles. The number of pyridine rings is 1. The lowest BCUT2D eigenvalue weighted by Crippen LogP contribution is -2.43. The highest BCUT2D eigenvalue weighted by atomic mass is 16.6. The van der Waals surface area contributed by atoms with Crippen molar-refractivity contribution in [2.24, 2.45) is 0 Å². The van der Waals surface area contributed by atoms with Gasteiger partial charge in [-0.1, -0.05) is 0 Å². The van der Waals surface area contributed by atoms with Gasteiger partial charge in [0.2, 0.25) is 0 Å².